The van der Waals surface area contributed by atoms with Crippen LogP contribution in [0.1, 0.15) is 12.5 Å². The second kappa shape index (κ2) is 6.65. The molecule has 0 unspecified atom stereocenters. The number of hydrogen-bond acceptors (Lipinski definition) is 2. The quantitative estimate of drug-likeness (QED) is 0.661. The van der Waals surface area contributed by atoms with Gasteiger partial charge in [-0.25, -0.2) is 0 Å². The van der Waals surface area contributed by atoms with Crippen molar-refractivity contribution in [3.63, 3.8) is 0 Å². The molecule has 1 aromatic carbocycles. The SMILES string of the molecule is CC#CCNCc1cc(Cl)cc(Cl)c1OC. The van der Waals surface area contributed by atoms with E-state index in [9.17, 15) is 0 Å². The van der Waals surface area contributed by atoms with Gasteiger partial charge in [-0.1, -0.05) is 29.1 Å². The van der Waals surface area contributed by atoms with Gasteiger partial charge in [-0.2, -0.15) is 0 Å². The zero-order valence-electron chi connectivity index (χ0n) is 9.23. The molecule has 0 aromatic heterocycles. The third-order valence-corrected chi connectivity index (χ3v) is 2.49. The van der Waals surface area contributed by atoms with Crippen molar-refractivity contribution in [3.8, 4) is 17.6 Å². The Kier molecular flexibility index (Phi) is 5.48. The molecule has 0 atom stereocenters. The van der Waals surface area contributed by atoms with Gasteiger partial charge in [0.1, 0.15) is 5.75 Å². The van der Waals surface area contributed by atoms with Crippen molar-refractivity contribution >= 4 is 23.2 Å². The van der Waals surface area contributed by atoms with Gasteiger partial charge >= 0.3 is 0 Å². The second-order valence-electron chi connectivity index (χ2n) is 3.11. The maximum absolute atomic E-state index is 6.01. The monoisotopic (exact) mass is 257 g/mol. The second-order valence-corrected chi connectivity index (χ2v) is 3.95. The standard InChI is InChI=1S/C12H13Cl2NO/c1-3-4-5-15-8-9-6-10(13)7-11(14)12(9)16-2/h6-7,15H,5,8H2,1-2H3. The molecule has 16 heavy (non-hydrogen) atoms. The van der Waals surface area contributed by atoms with Gasteiger partial charge in [0.15, 0.2) is 0 Å². The molecule has 0 radical (unpaired) electrons. The summed E-state index contributed by atoms with van der Waals surface area (Å²) in [5.74, 6) is 6.38. The zero-order valence-corrected chi connectivity index (χ0v) is 10.7. The molecule has 0 saturated heterocycles. The molecule has 0 spiro atoms. The van der Waals surface area contributed by atoms with E-state index in [1.807, 2.05) is 6.07 Å². The van der Waals surface area contributed by atoms with Crippen LogP contribution in [0.4, 0.5) is 0 Å². The number of methoxy groups -OCH3 is 1. The van der Waals surface area contributed by atoms with Crippen molar-refractivity contribution in [3.05, 3.63) is 27.7 Å². The molecule has 86 valence electrons. The lowest BCUT2D eigenvalue weighted by molar-refractivity contribution is 0.408. The van der Waals surface area contributed by atoms with Crippen LogP contribution in [0.2, 0.25) is 10.0 Å². The van der Waals surface area contributed by atoms with E-state index in [0.29, 0.717) is 28.9 Å². The minimum atomic E-state index is 0.522. The predicted molar refractivity (Wildman–Crippen MR) is 68.2 cm³/mol. The largest absolute Gasteiger partial charge is 0.495 e. The van der Waals surface area contributed by atoms with Crippen molar-refractivity contribution in [1.29, 1.82) is 0 Å². The summed E-state index contributed by atoms with van der Waals surface area (Å²) in [7, 11) is 1.59. The molecule has 0 amide bonds. The number of benzene rings is 1. The summed E-state index contributed by atoms with van der Waals surface area (Å²) in [6, 6.07) is 3.50. The van der Waals surface area contributed by atoms with Gasteiger partial charge in [-0.3, -0.25) is 0 Å². The van der Waals surface area contributed by atoms with E-state index >= 15 is 0 Å². The van der Waals surface area contributed by atoms with E-state index in [1.165, 1.54) is 0 Å². The summed E-state index contributed by atoms with van der Waals surface area (Å²) in [6.07, 6.45) is 0. The summed E-state index contributed by atoms with van der Waals surface area (Å²) in [5.41, 5.74) is 0.929. The fraction of sp³-hybridized carbons (Fsp3) is 0.333. The smallest absolute Gasteiger partial charge is 0.142 e. The topological polar surface area (TPSA) is 21.3 Å². The first-order valence-electron chi connectivity index (χ1n) is 4.81. The van der Waals surface area contributed by atoms with Crippen LogP contribution in [-0.4, -0.2) is 13.7 Å². The van der Waals surface area contributed by atoms with E-state index in [4.69, 9.17) is 27.9 Å². The van der Waals surface area contributed by atoms with Gasteiger partial charge in [0.2, 0.25) is 0 Å². The normalized spacial score (nSPS) is 9.50. The minimum Gasteiger partial charge on any atom is -0.495 e. The Morgan fingerprint density at radius 1 is 1.38 bits per heavy atom. The molecule has 0 bridgehead atoms. The minimum absolute atomic E-state index is 0.522. The van der Waals surface area contributed by atoms with Crippen LogP contribution >= 0.6 is 23.2 Å². The first kappa shape index (κ1) is 13.2. The highest BCUT2D eigenvalue weighted by molar-refractivity contribution is 6.35. The van der Waals surface area contributed by atoms with Gasteiger partial charge < -0.3 is 10.1 Å². The van der Waals surface area contributed by atoms with Crippen molar-refractivity contribution < 1.29 is 4.74 Å². The summed E-state index contributed by atoms with van der Waals surface area (Å²) in [4.78, 5) is 0. The highest BCUT2D eigenvalue weighted by Crippen LogP contribution is 2.31. The molecule has 0 aliphatic rings. The van der Waals surface area contributed by atoms with E-state index < -0.39 is 0 Å². The maximum atomic E-state index is 6.01. The van der Waals surface area contributed by atoms with Crippen molar-refractivity contribution in [1.82, 2.24) is 5.32 Å². The Labute approximate surface area is 106 Å². The summed E-state index contributed by atoms with van der Waals surface area (Å²) in [6.45, 7) is 3.06. The molecule has 1 rings (SSSR count). The Hall–Kier alpha value is -0.880. The van der Waals surface area contributed by atoms with Crippen molar-refractivity contribution in [2.45, 2.75) is 13.5 Å². The molecule has 1 aromatic rings. The first-order valence-corrected chi connectivity index (χ1v) is 5.57. The third kappa shape index (κ3) is 3.61. The molecule has 0 fully saturated rings. The molecular formula is C12H13Cl2NO. The summed E-state index contributed by atoms with van der Waals surface area (Å²) < 4.78 is 5.22. The Morgan fingerprint density at radius 3 is 2.75 bits per heavy atom. The van der Waals surface area contributed by atoms with Gasteiger partial charge in [-0.05, 0) is 19.1 Å². The average Bonchev–Trinajstić information content (AvgIpc) is 2.24. The maximum Gasteiger partial charge on any atom is 0.142 e. The molecule has 0 heterocycles. The van der Waals surface area contributed by atoms with Crippen LogP contribution < -0.4 is 10.1 Å². The Bertz CT molecular complexity index is 421. The van der Waals surface area contributed by atoms with Crippen molar-refractivity contribution in [2.75, 3.05) is 13.7 Å². The molecule has 2 nitrogen and oxygen atoms in total. The van der Waals surface area contributed by atoms with Crippen LogP contribution in [0.25, 0.3) is 0 Å². The fourth-order valence-electron chi connectivity index (χ4n) is 1.32. The van der Waals surface area contributed by atoms with E-state index in [0.717, 1.165) is 5.56 Å². The lowest BCUT2D eigenvalue weighted by Gasteiger charge is -2.10. The lowest BCUT2D eigenvalue weighted by atomic mass is 10.2. The highest BCUT2D eigenvalue weighted by atomic mass is 35.5. The van der Waals surface area contributed by atoms with Gasteiger partial charge in [-0.15, -0.1) is 5.92 Å². The zero-order chi connectivity index (χ0) is 12.0. The molecule has 0 aliphatic carbocycles. The number of hydrogen-bond donors (Lipinski definition) is 1. The van der Waals surface area contributed by atoms with E-state index in [2.05, 4.69) is 17.2 Å². The third-order valence-electron chi connectivity index (χ3n) is 2.00. The Balaban J connectivity index is 2.79. The fourth-order valence-corrected chi connectivity index (χ4v) is 1.93. The number of nitrogens with one attached hydrogen (secondary N) is 1. The average molecular weight is 258 g/mol. The van der Waals surface area contributed by atoms with Crippen LogP contribution in [0, 0.1) is 11.8 Å². The molecule has 1 N–H and O–H groups in total. The molecule has 0 aliphatic heterocycles. The number of rotatable bonds is 4. The van der Waals surface area contributed by atoms with Crippen molar-refractivity contribution in [2.24, 2.45) is 0 Å². The highest BCUT2D eigenvalue weighted by Gasteiger charge is 2.08. The van der Waals surface area contributed by atoms with Gasteiger partial charge in [0, 0.05) is 17.1 Å². The van der Waals surface area contributed by atoms with Crippen LogP contribution in [0.5, 0.6) is 5.75 Å². The van der Waals surface area contributed by atoms with E-state index in [-0.39, 0.29) is 0 Å². The summed E-state index contributed by atoms with van der Waals surface area (Å²) >= 11 is 11.9. The number of ether oxygens (including phenoxy) is 1. The predicted octanol–water partition coefficient (Wildman–Crippen LogP) is 3.11. The molecular weight excluding hydrogens is 245 g/mol. The van der Waals surface area contributed by atoms with Crippen LogP contribution in [0.3, 0.4) is 0 Å². The van der Waals surface area contributed by atoms with Gasteiger partial charge in [0.05, 0.1) is 18.7 Å². The van der Waals surface area contributed by atoms with Gasteiger partial charge in [0.25, 0.3) is 0 Å². The first-order chi connectivity index (χ1) is 7.69. The van der Waals surface area contributed by atoms with Crippen LogP contribution in [-0.2, 0) is 6.54 Å². The molecule has 4 heteroatoms. The van der Waals surface area contributed by atoms with Crippen LogP contribution in [0.15, 0.2) is 12.1 Å². The molecule has 0 saturated carbocycles. The number of halogens is 2. The Morgan fingerprint density at radius 2 is 2.12 bits per heavy atom. The van der Waals surface area contributed by atoms with E-state index in [1.54, 1.807) is 20.1 Å². The lowest BCUT2D eigenvalue weighted by Crippen LogP contribution is -2.14. The summed E-state index contributed by atoms with van der Waals surface area (Å²) in [5, 5.41) is 4.28.